The number of carboxylic acids is 1. The molecule has 1 unspecified atom stereocenters. The number of carbonyl (C=O) groups is 2. The molecule has 1 saturated heterocycles. The van der Waals surface area contributed by atoms with E-state index >= 15 is 0 Å². The number of carbonyl (C=O) groups excluding carboxylic acids is 1. The number of carboxylic acid groups (broad SMARTS) is 1. The predicted octanol–water partition coefficient (Wildman–Crippen LogP) is 5.01. The minimum Gasteiger partial charge on any atom is -0.481 e. The van der Waals surface area contributed by atoms with E-state index < -0.39 is 11.2 Å². The van der Waals surface area contributed by atoms with Gasteiger partial charge in [0.25, 0.3) is 0 Å². The van der Waals surface area contributed by atoms with Crippen LogP contribution in [0, 0.1) is 6.92 Å². The van der Waals surface area contributed by atoms with Gasteiger partial charge in [0.05, 0.1) is 12.1 Å². The van der Waals surface area contributed by atoms with Crippen LogP contribution in [-0.2, 0) is 9.59 Å². The molecule has 1 aromatic rings. The Balaban J connectivity index is 0.000000330. The number of thioether (sulfide) groups is 1. The van der Waals surface area contributed by atoms with Crippen LogP contribution in [0.2, 0.25) is 0 Å². The van der Waals surface area contributed by atoms with Gasteiger partial charge in [-0.2, -0.15) is 0 Å². The van der Waals surface area contributed by atoms with Crippen molar-refractivity contribution in [1.29, 1.82) is 0 Å². The fourth-order valence-corrected chi connectivity index (χ4v) is 5.60. The normalized spacial score (nSPS) is 24.2. The topological polar surface area (TPSA) is 96.0 Å². The Morgan fingerprint density at radius 2 is 1.65 bits per heavy atom. The molecule has 1 heterocycles. The second-order valence-corrected chi connectivity index (χ2v) is 10.0. The van der Waals surface area contributed by atoms with Crippen LogP contribution in [0.5, 0.6) is 0 Å². The molecule has 0 spiro atoms. The summed E-state index contributed by atoms with van der Waals surface area (Å²) in [6, 6.07) is 8.52. The van der Waals surface area contributed by atoms with Crippen molar-refractivity contribution in [3.8, 4) is 0 Å². The van der Waals surface area contributed by atoms with Crippen LogP contribution < -0.4 is 5.73 Å². The Morgan fingerprint density at radius 1 is 1.06 bits per heavy atom. The molecule has 3 N–H and O–H groups in total. The molecule has 0 radical (unpaired) electrons. The summed E-state index contributed by atoms with van der Waals surface area (Å²) < 4.78 is 0. The van der Waals surface area contributed by atoms with Crippen LogP contribution in [0.1, 0.15) is 76.2 Å². The van der Waals surface area contributed by atoms with Crippen molar-refractivity contribution < 1.29 is 14.7 Å². The van der Waals surface area contributed by atoms with Crippen LogP contribution in [0.25, 0.3) is 0 Å². The summed E-state index contributed by atoms with van der Waals surface area (Å²) in [5, 5.41) is 9.16. The lowest BCUT2D eigenvalue weighted by molar-refractivity contribution is -0.139. The van der Waals surface area contributed by atoms with Gasteiger partial charge in [0.15, 0.2) is 5.17 Å². The first-order valence-corrected chi connectivity index (χ1v) is 12.4. The molecule has 31 heavy (non-hydrogen) atoms. The molecule has 1 atom stereocenters. The number of hydrogen-bond donors (Lipinski definition) is 2. The minimum atomic E-state index is -0.943. The van der Waals surface area contributed by atoms with Crippen molar-refractivity contribution >= 4 is 34.5 Å². The Morgan fingerprint density at radius 3 is 2.16 bits per heavy atom. The van der Waals surface area contributed by atoms with E-state index in [1.54, 1.807) is 4.90 Å². The number of amidine groups is 1. The lowest BCUT2D eigenvalue weighted by Gasteiger charge is -2.30. The van der Waals surface area contributed by atoms with Crippen molar-refractivity contribution in [2.45, 2.75) is 94.9 Å². The fourth-order valence-electron chi connectivity index (χ4n) is 4.39. The maximum absolute atomic E-state index is 12.8. The number of hydrogen-bond acceptors (Lipinski definition) is 5. The van der Waals surface area contributed by atoms with Crippen molar-refractivity contribution in [3.63, 3.8) is 0 Å². The van der Waals surface area contributed by atoms with E-state index in [4.69, 9.17) is 10.8 Å². The van der Waals surface area contributed by atoms with Crippen LogP contribution in [0.15, 0.2) is 29.3 Å². The van der Waals surface area contributed by atoms with E-state index in [-0.39, 0.29) is 18.4 Å². The van der Waals surface area contributed by atoms with Gasteiger partial charge in [-0.3, -0.25) is 14.5 Å². The second kappa shape index (κ2) is 11.7. The monoisotopic (exact) mass is 445 g/mol. The average molecular weight is 446 g/mol. The molecule has 1 aliphatic heterocycles. The van der Waals surface area contributed by atoms with Gasteiger partial charge in [0.2, 0.25) is 5.91 Å². The van der Waals surface area contributed by atoms with Crippen LogP contribution >= 0.6 is 11.8 Å². The molecule has 3 fully saturated rings. The summed E-state index contributed by atoms with van der Waals surface area (Å²) in [6.07, 6.45) is 11.9. The highest BCUT2D eigenvalue weighted by Crippen LogP contribution is 2.36. The third kappa shape index (κ3) is 7.07. The molecule has 0 bridgehead atoms. The summed E-state index contributed by atoms with van der Waals surface area (Å²) in [5.74, 6) is -1.04. The predicted molar refractivity (Wildman–Crippen MR) is 127 cm³/mol. The molecular weight excluding hydrogens is 410 g/mol. The number of amides is 1. The summed E-state index contributed by atoms with van der Waals surface area (Å²) in [4.78, 5) is 30.2. The molecule has 4 rings (SSSR count). The van der Waals surface area contributed by atoms with Crippen molar-refractivity contribution in [2.75, 3.05) is 0 Å². The van der Waals surface area contributed by atoms with Gasteiger partial charge >= 0.3 is 5.97 Å². The van der Waals surface area contributed by atoms with E-state index in [0.29, 0.717) is 11.2 Å². The number of rotatable bonds is 4. The Bertz CT molecular complexity index is 769. The third-order valence-corrected chi connectivity index (χ3v) is 7.33. The minimum absolute atomic E-state index is 0.0971. The molecule has 0 aromatic heterocycles. The van der Waals surface area contributed by atoms with Gasteiger partial charge in [0, 0.05) is 12.1 Å². The van der Waals surface area contributed by atoms with Crippen LogP contribution in [0.3, 0.4) is 0 Å². The molecule has 2 aliphatic carbocycles. The van der Waals surface area contributed by atoms with Gasteiger partial charge in [-0.1, -0.05) is 68.0 Å². The van der Waals surface area contributed by atoms with Gasteiger partial charge in [0.1, 0.15) is 5.25 Å². The molecular formula is C24H35N3O3S. The SMILES string of the molecule is Cc1ccc(N=C2SC(CC(=O)O)C(=O)N2C2CCCCC2)cc1.NC1CCCCC1. The maximum Gasteiger partial charge on any atom is 0.305 e. The first-order valence-electron chi connectivity index (χ1n) is 11.6. The fraction of sp³-hybridized carbons (Fsp3) is 0.625. The highest BCUT2D eigenvalue weighted by Gasteiger charge is 2.42. The van der Waals surface area contributed by atoms with E-state index in [2.05, 4.69) is 4.99 Å². The molecule has 3 aliphatic rings. The first-order chi connectivity index (χ1) is 14.9. The highest BCUT2D eigenvalue weighted by molar-refractivity contribution is 8.15. The van der Waals surface area contributed by atoms with E-state index in [9.17, 15) is 9.59 Å². The largest absolute Gasteiger partial charge is 0.481 e. The standard InChI is InChI=1S/C18H22N2O3S.C6H13N/c1-12-7-9-13(10-8-12)19-18-20(14-5-3-2-4-6-14)17(23)15(24-18)11-16(21)22;7-6-4-2-1-3-5-6/h7-10,14-15H,2-6,11H2,1H3,(H,21,22);6H,1-5,7H2. The van der Waals surface area contributed by atoms with Crippen molar-refractivity contribution in [2.24, 2.45) is 10.7 Å². The summed E-state index contributed by atoms with van der Waals surface area (Å²) in [6.45, 7) is 2.02. The second-order valence-electron chi connectivity index (χ2n) is 8.83. The average Bonchev–Trinajstić information content (AvgIpc) is 3.05. The van der Waals surface area contributed by atoms with E-state index in [0.717, 1.165) is 36.9 Å². The molecule has 1 aromatic carbocycles. The molecule has 1 amide bonds. The Labute approximate surface area is 189 Å². The van der Waals surface area contributed by atoms with Gasteiger partial charge in [-0.25, -0.2) is 4.99 Å². The number of nitrogens with two attached hydrogens (primary N) is 1. The zero-order valence-corrected chi connectivity index (χ0v) is 19.3. The summed E-state index contributed by atoms with van der Waals surface area (Å²) in [5.41, 5.74) is 7.59. The summed E-state index contributed by atoms with van der Waals surface area (Å²) in [7, 11) is 0. The number of nitrogens with zero attached hydrogens (tertiary/aromatic N) is 2. The zero-order chi connectivity index (χ0) is 22.2. The molecule has 2 saturated carbocycles. The Kier molecular flexibility index (Phi) is 8.96. The number of aliphatic imine (C=N–C) groups is 1. The summed E-state index contributed by atoms with van der Waals surface area (Å²) >= 11 is 1.29. The van der Waals surface area contributed by atoms with Crippen LogP contribution in [0.4, 0.5) is 5.69 Å². The first kappa shape index (κ1) is 23.8. The lowest BCUT2D eigenvalue weighted by Crippen LogP contribution is -2.42. The number of aryl methyl sites for hydroxylation is 1. The molecule has 170 valence electrons. The third-order valence-electron chi connectivity index (χ3n) is 6.18. The van der Waals surface area contributed by atoms with Gasteiger partial charge < -0.3 is 10.8 Å². The highest BCUT2D eigenvalue weighted by atomic mass is 32.2. The number of aliphatic carboxylic acids is 1. The molecule has 7 heteroatoms. The number of benzene rings is 1. The van der Waals surface area contributed by atoms with Crippen molar-refractivity contribution in [1.82, 2.24) is 4.90 Å². The van der Waals surface area contributed by atoms with E-state index in [1.165, 1.54) is 50.3 Å². The maximum atomic E-state index is 12.8. The van der Waals surface area contributed by atoms with Crippen molar-refractivity contribution in [3.05, 3.63) is 29.8 Å². The van der Waals surface area contributed by atoms with Crippen LogP contribution in [-0.4, -0.2) is 44.4 Å². The van der Waals surface area contributed by atoms with Gasteiger partial charge in [-0.05, 0) is 44.7 Å². The lowest BCUT2D eigenvalue weighted by atomic mass is 9.94. The van der Waals surface area contributed by atoms with Gasteiger partial charge in [-0.15, -0.1) is 0 Å². The quantitative estimate of drug-likeness (QED) is 0.679. The van der Waals surface area contributed by atoms with E-state index in [1.807, 2.05) is 31.2 Å². The smallest absolute Gasteiger partial charge is 0.305 e. The Hall–Kier alpha value is -1.86. The molecule has 6 nitrogen and oxygen atoms in total. The zero-order valence-electron chi connectivity index (χ0n) is 18.5.